The molecule has 1 unspecified atom stereocenters. The molecule has 0 bridgehead atoms. The number of thiophene rings is 1. The number of fused-ring (bicyclic) bond motifs is 1. The molecule has 0 radical (unpaired) electrons. The van der Waals surface area contributed by atoms with E-state index in [4.69, 9.17) is 14.2 Å². The maximum atomic E-state index is 13.5. The van der Waals surface area contributed by atoms with Gasteiger partial charge in [-0.15, -0.1) is 11.3 Å². The molecular formula is C22H20N2O5S2. The fourth-order valence-electron chi connectivity index (χ4n) is 3.58. The molecule has 0 spiro atoms. The number of ether oxygens (including phenoxy) is 3. The third-order valence-corrected chi connectivity index (χ3v) is 6.87. The monoisotopic (exact) mass is 456 g/mol. The van der Waals surface area contributed by atoms with Gasteiger partial charge >= 0.3 is 5.97 Å². The lowest BCUT2D eigenvalue weighted by atomic mass is 10.0. The summed E-state index contributed by atoms with van der Waals surface area (Å²) in [6, 6.07) is 8.68. The Labute approximate surface area is 186 Å². The van der Waals surface area contributed by atoms with Crippen molar-refractivity contribution < 1.29 is 19.0 Å². The normalized spacial score (nSPS) is 16.0. The Bertz CT molecular complexity index is 1350. The molecule has 9 heteroatoms. The predicted octanol–water partition coefficient (Wildman–Crippen LogP) is 2.49. The number of thiazole rings is 1. The Morgan fingerprint density at radius 1 is 1.16 bits per heavy atom. The van der Waals surface area contributed by atoms with Crippen molar-refractivity contribution in [2.75, 3.05) is 21.3 Å². The molecule has 1 atom stereocenters. The average molecular weight is 457 g/mol. The predicted molar refractivity (Wildman–Crippen MR) is 120 cm³/mol. The van der Waals surface area contributed by atoms with Crippen LogP contribution < -0.4 is 24.4 Å². The van der Waals surface area contributed by atoms with Crippen LogP contribution in [0.15, 0.2) is 56.8 Å². The second-order valence-corrected chi connectivity index (χ2v) is 8.66. The fourth-order valence-corrected chi connectivity index (χ4v) is 5.44. The number of carbonyl (C=O) groups is 1. The van der Waals surface area contributed by atoms with E-state index >= 15 is 0 Å². The fraction of sp³-hybridized carbons (Fsp3) is 0.227. The van der Waals surface area contributed by atoms with Crippen molar-refractivity contribution in [3.05, 3.63) is 77.1 Å². The topological polar surface area (TPSA) is 79.1 Å². The molecule has 160 valence electrons. The zero-order valence-corrected chi connectivity index (χ0v) is 19.0. The van der Waals surface area contributed by atoms with Crippen molar-refractivity contribution in [3.63, 3.8) is 0 Å². The Morgan fingerprint density at radius 3 is 2.61 bits per heavy atom. The number of hydrogen-bond acceptors (Lipinski definition) is 8. The van der Waals surface area contributed by atoms with Gasteiger partial charge in [-0.2, -0.15) is 0 Å². The van der Waals surface area contributed by atoms with Crippen molar-refractivity contribution in [2.45, 2.75) is 13.0 Å². The maximum Gasteiger partial charge on any atom is 0.338 e. The maximum absolute atomic E-state index is 13.5. The summed E-state index contributed by atoms with van der Waals surface area (Å²) in [6.07, 6.45) is 1.76. The molecule has 0 aliphatic carbocycles. The Hall–Kier alpha value is -3.17. The number of allylic oxidation sites excluding steroid dienone is 1. The van der Waals surface area contributed by atoms with Crippen molar-refractivity contribution in [2.24, 2.45) is 4.99 Å². The van der Waals surface area contributed by atoms with Crippen LogP contribution in [0, 0.1) is 0 Å². The van der Waals surface area contributed by atoms with Crippen LogP contribution in [0.3, 0.4) is 0 Å². The minimum atomic E-state index is -0.585. The molecule has 0 saturated carbocycles. The number of nitrogens with zero attached hydrogens (tertiary/aromatic N) is 2. The average Bonchev–Trinajstić information content (AvgIpc) is 3.41. The highest BCUT2D eigenvalue weighted by molar-refractivity contribution is 7.10. The van der Waals surface area contributed by atoms with Crippen LogP contribution in [0.5, 0.6) is 11.5 Å². The molecule has 1 aliphatic heterocycles. The zero-order chi connectivity index (χ0) is 22.1. The number of benzene rings is 1. The summed E-state index contributed by atoms with van der Waals surface area (Å²) in [5, 5.41) is 1.91. The lowest BCUT2D eigenvalue weighted by molar-refractivity contribution is -0.136. The number of esters is 1. The van der Waals surface area contributed by atoms with Crippen LogP contribution >= 0.6 is 22.7 Å². The highest BCUT2D eigenvalue weighted by atomic mass is 32.1. The van der Waals surface area contributed by atoms with Crippen LogP contribution in [0.4, 0.5) is 0 Å². The van der Waals surface area contributed by atoms with Crippen LogP contribution in [-0.2, 0) is 9.53 Å². The smallest absolute Gasteiger partial charge is 0.338 e. The third-order valence-electron chi connectivity index (χ3n) is 4.96. The zero-order valence-electron chi connectivity index (χ0n) is 17.4. The van der Waals surface area contributed by atoms with Gasteiger partial charge in [-0.3, -0.25) is 9.36 Å². The minimum absolute atomic E-state index is 0.235. The highest BCUT2D eigenvalue weighted by Gasteiger charge is 2.33. The lowest BCUT2D eigenvalue weighted by Crippen LogP contribution is -2.39. The molecular weight excluding hydrogens is 436 g/mol. The number of para-hydroxylation sites is 1. The first-order valence-electron chi connectivity index (χ1n) is 9.35. The van der Waals surface area contributed by atoms with Crippen LogP contribution in [0.1, 0.15) is 23.4 Å². The third kappa shape index (κ3) is 3.60. The first-order valence-corrected chi connectivity index (χ1v) is 11.0. The van der Waals surface area contributed by atoms with Crippen molar-refractivity contribution >= 4 is 34.7 Å². The SMILES string of the molecule is COC(=O)C1=C(C)N=c2sc(=Cc3cccc(OC)c3OC)c(=O)n2C1c1cccs1. The summed E-state index contributed by atoms with van der Waals surface area (Å²) in [5.74, 6) is 0.616. The van der Waals surface area contributed by atoms with Gasteiger partial charge in [-0.1, -0.05) is 29.5 Å². The summed E-state index contributed by atoms with van der Waals surface area (Å²) in [6.45, 7) is 1.76. The van der Waals surface area contributed by atoms with Crippen molar-refractivity contribution in [1.29, 1.82) is 0 Å². The quantitative estimate of drug-likeness (QED) is 0.551. The second-order valence-electron chi connectivity index (χ2n) is 6.67. The van der Waals surface area contributed by atoms with Gasteiger partial charge < -0.3 is 14.2 Å². The molecule has 0 fully saturated rings. The summed E-state index contributed by atoms with van der Waals surface area (Å²) in [5.41, 5.74) is 1.38. The first-order chi connectivity index (χ1) is 15.0. The molecule has 1 aromatic carbocycles. The molecule has 1 aliphatic rings. The summed E-state index contributed by atoms with van der Waals surface area (Å²) >= 11 is 2.74. The molecule has 0 N–H and O–H groups in total. The molecule has 2 aromatic heterocycles. The summed E-state index contributed by atoms with van der Waals surface area (Å²) < 4.78 is 17.9. The van der Waals surface area contributed by atoms with E-state index < -0.39 is 12.0 Å². The van der Waals surface area contributed by atoms with Gasteiger partial charge in [0.1, 0.15) is 6.04 Å². The first kappa shape index (κ1) is 21.1. The molecule has 31 heavy (non-hydrogen) atoms. The Balaban J connectivity index is 1.97. The van der Waals surface area contributed by atoms with Gasteiger partial charge in [0.15, 0.2) is 16.3 Å². The second kappa shape index (κ2) is 8.52. The van der Waals surface area contributed by atoms with E-state index in [0.717, 1.165) is 4.88 Å². The lowest BCUT2D eigenvalue weighted by Gasteiger charge is -2.22. The van der Waals surface area contributed by atoms with E-state index in [9.17, 15) is 9.59 Å². The van der Waals surface area contributed by atoms with Gasteiger partial charge in [0, 0.05) is 10.4 Å². The molecule has 7 nitrogen and oxygen atoms in total. The molecule has 3 aromatic rings. The summed E-state index contributed by atoms with van der Waals surface area (Å²) in [4.78, 5) is 32.0. The number of methoxy groups -OCH3 is 3. The van der Waals surface area contributed by atoms with E-state index in [1.54, 1.807) is 37.9 Å². The van der Waals surface area contributed by atoms with Gasteiger partial charge in [-0.25, -0.2) is 9.79 Å². The molecule has 0 saturated heterocycles. The van der Waals surface area contributed by atoms with Gasteiger partial charge in [0.2, 0.25) is 0 Å². The largest absolute Gasteiger partial charge is 0.493 e. The number of aromatic nitrogens is 1. The molecule has 0 amide bonds. The van der Waals surface area contributed by atoms with E-state index in [1.807, 2.05) is 29.6 Å². The van der Waals surface area contributed by atoms with Crippen LogP contribution in [0.25, 0.3) is 6.08 Å². The van der Waals surface area contributed by atoms with E-state index in [0.29, 0.717) is 37.7 Å². The van der Waals surface area contributed by atoms with Crippen LogP contribution in [-0.4, -0.2) is 31.9 Å². The number of rotatable bonds is 5. The Kier molecular flexibility index (Phi) is 5.79. The van der Waals surface area contributed by atoms with E-state index in [1.165, 1.54) is 29.8 Å². The summed E-state index contributed by atoms with van der Waals surface area (Å²) in [7, 11) is 4.45. The van der Waals surface area contributed by atoms with Crippen LogP contribution in [0.2, 0.25) is 0 Å². The standard InChI is InChI=1S/C22H20N2O5S2/c1-12-17(21(26)29-4)18(15-9-6-10-30-15)24-20(25)16(31-22(24)23-12)11-13-7-5-8-14(27-2)19(13)28-3/h5-11,18H,1-4H3. The number of carbonyl (C=O) groups excluding carboxylic acids is 1. The number of hydrogen-bond donors (Lipinski definition) is 0. The minimum Gasteiger partial charge on any atom is -0.493 e. The van der Waals surface area contributed by atoms with Gasteiger partial charge in [-0.05, 0) is 30.5 Å². The van der Waals surface area contributed by atoms with Crippen molar-refractivity contribution in [3.8, 4) is 11.5 Å². The highest BCUT2D eigenvalue weighted by Crippen LogP contribution is 2.33. The molecule has 4 rings (SSSR count). The van der Waals surface area contributed by atoms with E-state index in [2.05, 4.69) is 4.99 Å². The molecule has 3 heterocycles. The van der Waals surface area contributed by atoms with Crippen molar-refractivity contribution in [1.82, 2.24) is 4.57 Å². The van der Waals surface area contributed by atoms with Gasteiger partial charge in [0.25, 0.3) is 5.56 Å². The van der Waals surface area contributed by atoms with E-state index in [-0.39, 0.29) is 5.56 Å². The Morgan fingerprint density at radius 2 is 1.97 bits per heavy atom. The van der Waals surface area contributed by atoms with Gasteiger partial charge in [0.05, 0.1) is 37.1 Å².